The number of ether oxygens (including phenoxy) is 1. The van der Waals surface area contributed by atoms with Crippen molar-refractivity contribution < 1.29 is 14.6 Å². The van der Waals surface area contributed by atoms with Crippen molar-refractivity contribution in [3.8, 4) is 5.75 Å². The van der Waals surface area contributed by atoms with Crippen molar-refractivity contribution in [2.24, 2.45) is 5.92 Å². The van der Waals surface area contributed by atoms with Gasteiger partial charge in [0.1, 0.15) is 5.75 Å². The molecule has 0 bridgehead atoms. The van der Waals surface area contributed by atoms with Crippen molar-refractivity contribution in [1.82, 2.24) is 4.90 Å². The molecule has 0 aromatic heterocycles. The lowest BCUT2D eigenvalue weighted by atomic mass is 10.1. The van der Waals surface area contributed by atoms with E-state index < -0.39 is 5.97 Å². The molecule has 0 spiro atoms. The maximum absolute atomic E-state index is 10.6. The Labute approximate surface area is 115 Å². The predicted molar refractivity (Wildman–Crippen MR) is 75.6 cm³/mol. The molecule has 1 N–H and O–H groups in total. The molecule has 1 atom stereocenters. The Morgan fingerprint density at radius 3 is 2.74 bits per heavy atom. The fourth-order valence-electron chi connectivity index (χ4n) is 2.21. The Bertz CT molecular complexity index is 406. The number of methoxy groups -OCH3 is 1. The average Bonchev–Trinajstić information content (AvgIpc) is 2.35. The number of para-hydroxylation sites is 1. The van der Waals surface area contributed by atoms with E-state index in [0.29, 0.717) is 0 Å². The van der Waals surface area contributed by atoms with Crippen LogP contribution in [0.4, 0.5) is 0 Å². The fraction of sp³-hybridized carbons (Fsp3) is 0.533. The molecule has 0 heterocycles. The first-order valence-electron chi connectivity index (χ1n) is 6.55. The van der Waals surface area contributed by atoms with Crippen molar-refractivity contribution in [3.05, 3.63) is 29.8 Å². The van der Waals surface area contributed by atoms with Gasteiger partial charge in [-0.2, -0.15) is 0 Å². The van der Waals surface area contributed by atoms with E-state index in [1.54, 1.807) is 7.11 Å². The molecule has 0 amide bonds. The molecule has 1 unspecified atom stereocenters. The highest BCUT2D eigenvalue weighted by atomic mass is 16.5. The summed E-state index contributed by atoms with van der Waals surface area (Å²) in [5.41, 5.74) is 1.18. The molecule has 1 rings (SSSR count). The van der Waals surface area contributed by atoms with Gasteiger partial charge in [0.25, 0.3) is 0 Å². The largest absolute Gasteiger partial charge is 0.496 e. The lowest BCUT2D eigenvalue weighted by Crippen LogP contribution is -2.27. The molecular formula is C15H23NO3. The molecule has 4 nitrogen and oxygen atoms in total. The molecule has 0 radical (unpaired) electrons. The summed E-state index contributed by atoms with van der Waals surface area (Å²) in [6.45, 7) is 3.65. The molecular weight excluding hydrogens is 242 g/mol. The monoisotopic (exact) mass is 265 g/mol. The van der Waals surface area contributed by atoms with E-state index in [9.17, 15) is 4.79 Å². The van der Waals surface area contributed by atoms with Crippen LogP contribution in [-0.2, 0) is 11.2 Å². The average molecular weight is 265 g/mol. The van der Waals surface area contributed by atoms with Gasteiger partial charge < -0.3 is 14.7 Å². The van der Waals surface area contributed by atoms with E-state index in [1.165, 1.54) is 5.56 Å². The zero-order chi connectivity index (χ0) is 14.3. The Balaban J connectivity index is 2.41. The van der Waals surface area contributed by atoms with Crippen LogP contribution in [0.5, 0.6) is 5.75 Å². The molecule has 1 aromatic rings. The van der Waals surface area contributed by atoms with Gasteiger partial charge >= 0.3 is 5.97 Å². The number of aliphatic carboxylic acids is 1. The quantitative estimate of drug-likeness (QED) is 0.783. The second-order valence-corrected chi connectivity index (χ2v) is 5.03. The molecule has 1 aromatic carbocycles. The minimum absolute atomic E-state index is 0.167. The number of nitrogens with zero attached hydrogens (tertiary/aromatic N) is 1. The molecule has 19 heavy (non-hydrogen) atoms. The van der Waals surface area contributed by atoms with E-state index in [4.69, 9.17) is 9.84 Å². The summed E-state index contributed by atoms with van der Waals surface area (Å²) in [7, 11) is 3.70. The third-order valence-electron chi connectivity index (χ3n) is 3.10. The zero-order valence-electron chi connectivity index (χ0n) is 11.9. The van der Waals surface area contributed by atoms with Gasteiger partial charge in [-0.25, -0.2) is 0 Å². The number of carboxylic acid groups (broad SMARTS) is 1. The van der Waals surface area contributed by atoms with E-state index >= 15 is 0 Å². The van der Waals surface area contributed by atoms with Crippen molar-refractivity contribution in [1.29, 1.82) is 0 Å². The highest BCUT2D eigenvalue weighted by Crippen LogP contribution is 2.18. The minimum atomic E-state index is -0.731. The van der Waals surface area contributed by atoms with Crippen molar-refractivity contribution >= 4 is 5.97 Å². The molecule has 0 saturated carbocycles. The van der Waals surface area contributed by atoms with Crippen molar-refractivity contribution in [2.75, 3.05) is 27.2 Å². The number of carboxylic acids is 1. The lowest BCUT2D eigenvalue weighted by molar-refractivity contribution is -0.138. The Morgan fingerprint density at radius 2 is 2.11 bits per heavy atom. The van der Waals surface area contributed by atoms with Crippen LogP contribution in [0.1, 0.15) is 18.9 Å². The van der Waals surface area contributed by atoms with Crippen LogP contribution in [0.2, 0.25) is 0 Å². The van der Waals surface area contributed by atoms with Gasteiger partial charge in [-0.05, 0) is 31.0 Å². The number of carbonyl (C=O) groups is 1. The van der Waals surface area contributed by atoms with Crippen LogP contribution < -0.4 is 4.74 Å². The van der Waals surface area contributed by atoms with Crippen LogP contribution in [0.15, 0.2) is 24.3 Å². The molecule has 0 saturated heterocycles. The molecule has 0 aliphatic rings. The third-order valence-corrected chi connectivity index (χ3v) is 3.10. The number of likely N-dealkylation sites (N-methyl/N-ethyl adjacent to an activating group) is 1. The van der Waals surface area contributed by atoms with Gasteiger partial charge in [0.15, 0.2) is 0 Å². The molecule has 106 valence electrons. The smallest absolute Gasteiger partial charge is 0.303 e. The summed E-state index contributed by atoms with van der Waals surface area (Å²) in [5.74, 6) is 0.347. The maximum atomic E-state index is 10.6. The SMILES string of the molecule is COc1ccccc1CCN(C)CC(C)CC(=O)O. The lowest BCUT2D eigenvalue weighted by Gasteiger charge is -2.20. The van der Waals surface area contributed by atoms with E-state index in [-0.39, 0.29) is 12.3 Å². The topological polar surface area (TPSA) is 49.8 Å². The fourth-order valence-corrected chi connectivity index (χ4v) is 2.21. The minimum Gasteiger partial charge on any atom is -0.496 e. The van der Waals surface area contributed by atoms with Crippen LogP contribution in [0, 0.1) is 5.92 Å². The molecule has 0 aliphatic heterocycles. The van der Waals surface area contributed by atoms with Crippen LogP contribution in [0.25, 0.3) is 0 Å². The van der Waals surface area contributed by atoms with Gasteiger partial charge in [0, 0.05) is 19.5 Å². The number of hydrogen-bond donors (Lipinski definition) is 1. The summed E-state index contributed by atoms with van der Waals surface area (Å²) >= 11 is 0. The van der Waals surface area contributed by atoms with Gasteiger partial charge in [0.2, 0.25) is 0 Å². The predicted octanol–water partition coefficient (Wildman–Crippen LogP) is 2.28. The van der Waals surface area contributed by atoms with E-state index in [1.807, 2.05) is 32.2 Å². The standard InChI is InChI=1S/C15H23NO3/c1-12(10-15(17)18)11-16(2)9-8-13-6-4-5-7-14(13)19-3/h4-7,12H,8-11H2,1-3H3,(H,17,18). The highest BCUT2D eigenvalue weighted by molar-refractivity contribution is 5.66. The first-order valence-corrected chi connectivity index (χ1v) is 6.55. The Morgan fingerprint density at radius 1 is 1.42 bits per heavy atom. The second-order valence-electron chi connectivity index (χ2n) is 5.03. The molecule has 0 aliphatic carbocycles. The van der Waals surface area contributed by atoms with Gasteiger partial charge in [-0.15, -0.1) is 0 Å². The summed E-state index contributed by atoms with van der Waals surface area (Å²) in [6, 6.07) is 7.99. The van der Waals surface area contributed by atoms with Crippen LogP contribution in [0.3, 0.4) is 0 Å². The normalized spacial score (nSPS) is 12.4. The van der Waals surface area contributed by atoms with Crippen molar-refractivity contribution in [2.45, 2.75) is 19.8 Å². The second kappa shape index (κ2) is 7.79. The zero-order valence-corrected chi connectivity index (χ0v) is 11.9. The molecule has 0 fully saturated rings. The summed E-state index contributed by atoms with van der Waals surface area (Å²) in [4.78, 5) is 12.8. The number of rotatable bonds is 8. The molecule has 4 heteroatoms. The van der Waals surface area contributed by atoms with E-state index in [0.717, 1.165) is 25.3 Å². The van der Waals surface area contributed by atoms with Gasteiger partial charge in [-0.1, -0.05) is 25.1 Å². The summed E-state index contributed by atoms with van der Waals surface area (Å²) in [5, 5.41) is 8.74. The maximum Gasteiger partial charge on any atom is 0.303 e. The summed E-state index contributed by atoms with van der Waals surface area (Å²) in [6.07, 6.45) is 1.12. The van der Waals surface area contributed by atoms with Crippen molar-refractivity contribution in [3.63, 3.8) is 0 Å². The van der Waals surface area contributed by atoms with Crippen LogP contribution >= 0.6 is 0 Å². The number of benzene rings is 1. The Hall–Kier alpha value is -1.55. The van der Waals surface area contributed by atoms with E-state index in [2.05, 4.69) is 11.0 Å². The van der Waals surface area contributed by atoms with Gasteiger partial charge in [-0.3, -0.25) is 4.79 Å². The highest BCUT2D eigenvalue weighted by Gasteiger charge is 2.11. The first-order chi connectivity index (χ1) is 9.02. The summed E-state index contributed by atoms with van der Waals surface area (Å²) < 4.78 is 5.32. The third kappa shape index (κ3) is 5.75. The first kappa shape index (κ1) is 15.5. The Kier molecular flexibility index (Phi) is 6.36. The van der Waals surface area contributed by atoms with Gasteiger partial charge in [0.05, 0.1) is 7.11 Å². The number of hydrogen-bond acceptors (Lipinski definition) is 3. The van der Waals surface area contributed by atoms with Crippen LogP contribution in [-0.4, -0.2) is 43.2 Å².